The number of carboxylic acid groups (broad SMARTS) is 1. The van der Waals surface area contributed by atoms with Crippen molar-refractivity contribution in [3.05, 3.63) is 66.7 Å². The molecular formula is C22H22O6. The second kappa shape index (κ2) is 10.7. The predicted octanol–water partition coefficient (Wildman–Crippen LogP) is 4.25. The molecule has 2 rings (SSSR count). The molecule has 0 atom stereocenters. The van der Waals surface area contributed by atoms with Crippen LogP contribution in [0.2, 0.25) is 0 Å². The van der Waals surface area contributed by atoms with Crippen LogP contribution >= 0.6 is 0 Å². The molecule has 0 radical (unpaired) electrons. The zero-order valence-electron chi connectivity index (χ0n) is 15.4. The molecule has 2 aromatic rings. The van der Waals surface area contributed by atoms with Gasteiger partial charge in [-0.1, -0.05) is 30.8 Å². The number of benzene rings is 2. The Morgan fingerprint density at radius 1 is 0.893 bits per heavy atom. The van der Waals surface area contributed by atoms with Crippen molar-refractivity contribution < 1.29 is 29.0 Å². The van der Waals surface area contributed by atoms with E-state index < -0.39 is 11.9 Å². The van der Waals surface area contributed by atoms with Crippen molar-refractivity contribution in [1.29, 1.82) is 0 Å². The van der Waals surface area contributed by atoms with E-state index in [-0.39, 0.29) is 18.0 Å². The lowest BCUT2D eigenvalue weighted by atomic mass is 10.0. The number of unbranched alkanes of at least 4 members (excludes halogenated alkanes) is 2. The number of aromatic carboxylic acids is 1. The van der Waals surface area contributed by atoms with Gasteiger partial charge < -0.3 is 14.6 Å². The summed E-state index contributed by atoms with van der Waals surface area (Å²) in [6.07, 6.45) is 3.49. The van der Waals surface area contributed by atoms with Crippen LogP contribution in [0.15, 0.2) is 61.2 Å². The normalized spacial score (nSPS) is 10.1. The molecule has 0 aromatic heterocycles. The van der Waals surface area contributed by atoms with Gasteiger partial charge in [0.1, 0.15) is 5.75 Å². The van der Waals surface area contributed by atoms with Gasteiger partial charge in [-0.25, -0.2) is 9.59 Å². The maximum Gasteiger partial charge on any atom is 0.335 e. The van der Waals surface area contributed by atoms with Crippen LogP contribution in [0.25, 0.3) is 11.1 Å². The molecule has 0 heterocycles. The topological polar surface area (TPSA) is 89.9 Å². The summed E-state index contributed by atoms with van der Waals surface area (Å²) in [5, 5.41) is 8.93. The summed E-state index contributed by atoms with van der Waals surface area (Å²) in [6, 6.07) is 13.6. The van der Waals surface area contributed by atoms with E-state index in [1.165, 1.54) is 0 Å². The highest BCUT2D eigenvalue weighted by atomic mass is 16.5. The van der Waals surface area contributed by atoms with Crippen molar-refractivity contribution in [3.63, 3.8) is 0 Å². The van der Waals surface area contributed by atoms with Crippen LogP contribution in [0.3, 0.4) is 0 Å². The number of ether oxygens (including phenoxy) is 2. The zero-order valence-corrected chi connectivity index (χ0v) is 15.4. The van der Waals surface area contributed by atoms with Crippen LogP contribution < -0.4 is 4.74 Å². The van der Waals surface area contributed by atoms with E-state index >= 15 is 0 Å². The van der Waals surface area contributed by atoms with E-state index in [9.17, 15) is 14.4 Å². The number of rotatable bonds is 10. The number of hydrogen-bond donors (Lipinski definition) is 1. The summed E-state index contributed by atoms with van der Waals surface area (Å²) in [5.41, 5.74) is 2.00. The van der Waals surface area contributed by atoms with Crippen molar-refractivity contribution >= 4 is 17.9 Å². The molecule has 0 aliphatic carbocycles. The van der Waals surface area contributed by atoms with Crippen LogP contribution in [0, 0.1) is 0 Å². The van der Waals surface area contributed by atoms with Crippen LogP contribution in [-0.4, -0.2) is 29.6 Å². The molecule has 0 saturated carbocycles. The van der Waals surface area contributed by atoms with Gasteiger partial charge >= 0.3 is 17.9 Å². The second-order valence-electron chi connectivity index (χ2n) is 6.06. The fourth-order valence-electron chi connectivity index (χ4n) is 2.48. The van der Waals surface area contributed by atoms with Gasteiger partial charge in [-0.2, -0.15) is 0 Å². The average Bonchev–Trinajstić information content (AvgIpc) is 2.71. The molecule has 0 bridgehead atoms. The fourth-order valence-corrected chi connectivity index (χ4v) is 2.48. The van der Waals surface area contributed by atoms with Crippen LogP contribution in [-0.2, 0) is 14.3 Å². The Labute approximate surface area is 163 Å². The smallest absolute Gasteiger partial charge is 0.335 e. The number of esters is 2. The lowest BCUT2D eigenvalue weighted by molar-refractivity contribution is -0.138. The Morgan fingerprint density at radius 3 is 2.07 bits per heavy atom. The van der Waals surface area contributed by atoms with Crippen molar-refractivity contribution in [1.82, 2.24) is 0 Å². The average molecular weight is 382 g/mol. The molecule has 1 N–H and O–H groups in total. The highest BCUT2D eigenvalue weighted by Crippen LogP contribution is 2.23. The van der Waals surface area contributed by atoms with E-state index in [2.05, 4.69) is 6.58 Å². The highest BCUT2D eigenvalue weighted by molar-refractivity contribution is 5.88. The minimum Gasteiger partial charge on any atom is -0.478 e. The van der Waals surface area contributed by atoms with E-state index in [1.807, 2.05) is 12.1 Å². The Hall–Kier alpha value is -3.41. The van der Waals surface area contributed by atoms with Crippen molar-refractivity contribution in [3.8, 4) is 16.9 Å². The summed E-state index contributed by atoms with van der Waals surface area (Å²) >= 11 is 0. The van der Waals surface area contributed by atoms with Gasteiger partial charge in [-0.3, -0.25) is 4.79 Å². The standard InChI is InChI=1S/C22H22O6/c1-2-20(23)27-15-5-3-4-6-21(24)28-19-13-11-17(12-14-19)16-7-9-18(10-8-16)22(25)26/h2,7-14H,1,3-6,15H2,(H,25,26). The first-order valence-electron chi connectivity index (χ1n) is 8.93. The Bertz CT molecular complexity index is 821. The molecule has 2 aromatic carbocycles. The SMILES string of the molecule is C=CC(=O)OCCCCCC(=O)Oc1ccc(-c2ccc(C(=O)O)cc2)cc1. The fraction of sp³-hybridized carbons (Fsp3) is 0.227. The lowest BCUT2D eigenvalue weighted by Crippen LogP contribution is -2.08. The van der Waals surface area contributed by atoms with Gasteiger partial charge in [0.25, 0.3) is 0 Å². The molecule has 28 heavy (non-hydrogen) atoms. The van der Waals surface area contributed by atoms with E-state index in [1.54, 1.807) is 36.4 Å². The summed E-state index contributed by atoms with van der Waals surface area (Å²) in [4.78, 5) is 33.6. The molecule has 0 fully saturated rings. The van der Waals surface area contributed by atoms with Crippen LogP contribution in [0.4, 0.5) is 0 Å². The predicted molar refractivity (Wildman–Crippen MR) is 104 cm³/mol. The first-order chi connectivity index (χ1) is 13.5. The molecule has 146 valence electrons. The number of carboxylic acids is 1. The van der Waals surface area contributed by atoms with Gasteiger partial charge in [0.05, 0.1) is 12.2 Å². The third-order valence-corrected chi connectivity index (χ3v) is 3.99. The highest BCUT2D eigenvalue weighted by Gasteiger charge is 2.07. The summed E-state index contributed by atoms with van der Waals surface area (Å²) in [7, 11) is 0. The number of carbonyl (C=O) groups is 3. The summed E-state index contributed by atoms with van der Waals surface area (Å²) in [5.74, 6) is -1.27. The molecule has 6 heteroatoms. The van der Waals surface area contributed by atoms with Crippen molar-refractivity contribution in [2.24, 2.45) is 0 Å². The molecule has 0 spiro atoms. The lowest BCUT2D eigenvalue weighted by Gasteiger charge is -2.07. The molecule has 6 nitrogen and oxygen atoms in total. The van der Waals surface area contributed by atoms with Gasteiger partial charge in [0.15, 0.2) is 0 Å². The van der Waals surface area contributed by atoms with E-state index in [4.69, 9.17) is 14.6 Å². The molecule has 0 amide bonds. The van der Waals surface area contributed by atoms with Gasteiger partial charge in [-0.05, 0) is 54.7 Å². The second-order valence-corrected chi connectivity index (χ2v) is 6.06. The molecule has 0 saturated heterocycles. The number of hydrogen-bond acceptors (Lipinski definition) is 5. The minimum atomic E-state index is -0.966. The number of carbonyl (C=O) groups excluding carboxylic acids is 2. The van der Waals surface area contributed by atoms with Crippen LogP contribution in [0.1, 0.15) is 36.0 Å². The molecule has 0 aliphatic rings. The first-order valence-corrected chi connectivity index (χ1v) is 8.93. The Morgan fingerprint density at radius 2 is 1.50 bits per heavy atom. The van der Waals surface area contributed by atoms with Gasteiger partial charge in [-0.15, -0.1) is 0 Å². The third-order valence-electron chi connectivity index (χ3n) is 3.99. The van der Waals surface area contributed by atoms with Gasteiger partial charge in [0, 0.05) is 12.5 Å². The Kier molecular flexibility index (Phi) is 7.96. The maximum absolute atomic E-state index is 11.9. The zero-order chi connectivity index (χ0) is 20.4. The van der Waals surface area contributed by atoms with Crippen LogP contribution in [0.5, 0.6) is 5.75 Å². The maximum atomic E-state index is 11.9. The molecular weight excluding hydrogens is 360 g/mol. The third kappa shape index (κ3) is 6.72. The molecule has 0 aliphatic heterocycles. The van der Waals surface area contributed by atoms with E-state index in [0.29, 0.717) is 25.2 Å². The van der Waals surface area contributed by atoms with Crippen molar-refractivity contribution in [2.75, 3.05) is 6.61 Å². The Balaban J connectivity index is 1.75. The summed E-state index contributed by atoms with van der Waals surface area (Å²) in [6.45, 7) is 3.63. The largest absolute Gasteiger partial charge is 0.478 e. The van der Waals surface area contributed by atoms with Crippen molar-refractivity contribution in [2.45, 2.75) is 25.7 Å². The van der Waals surface area contributed by atoms with E-state index in [0.717, 1.165) is 23.6 Å². The van der Waals surface area contributed by atoms with Gasteiger partial charge in [0.2, 0.25) is 0 Å². The quantitative estimate of drug-likeness (QED) is 0.286. The monoisotopic (exact) mass is 382 g/mol. The molecule has 0 unspecified atom stereocenters. The minimum absolute atomic E-state index is 0.230. The summed E-state index contributed by atoms with van der Waals surface area (Å²) < 4.78 is 10.2. The first kappa shape index (κ1) is 20.9.